The maximum Gasteiger partial charge on any atom is 0.363 e. The Morgan fingerprint density at radius 3 is 2.31 bits per heavy atom. The monoisotopic (exact) mass is 622 g/mol. The Morgan fingerprint density at radius 2 is 1.60 bits per heavy atom. The third kappa shape index (κ3) is 5.33. The van der Waals surface area contributed by atoms with Crippen LogP contribution in [0.25, 0.3) is 5.00 Å². The number of imide groups is 1. The maximum atomic E-state index is 14.4. The van der Waals surface area contributed by atoms with Gasteiger partial charge in [0.05, 0.1) is 23.7 Å². The second-order valence-electron chi connectivity index (χ2n) is 12.0. The van der Waals surface area contributed by atoms with Gasteiger partial charge in [-0.1, -0.05) is 24.3 Å². The molecule has 1 unspecified atom stereocenters. The Hall–Kier alpha value is -4.70. The summed E-state index contributed by atoms with van der Waals surface area (Å²) in [6.07, 6.45) is 6.81. The normalized spacial score (nSPS) is 17.4. The lowest BCUT2D eigenvalue weighted by molar-refractivity contribution is -0.172. The van der Waals surface area contributed by atoms with E-state index < -0.39 is 17.8 Å². The second kappa shape index (κ2) is 11.7. The number of hydrogen-bond donors (Lipinski definition) is 0. The highest BCUT2D eigenvalue weighted by molar-refractivity contribution is 7.15. The van der Waals surface area contributed by atoms with Crippen LogP contribution in [-0.2, 0) is 45.0 Å². The molecule has 1 saturated heterocycles. The van der Waals surface area contributed by atoms with E-state index in [-0.39, 0.29) is 36.8 Å². The van der Waals surface area contributed by atoms with E-state index in [4.69, 9.17) is 4.84 Å². The molecular formula is C35H34N4O5S. The first-order valence-electron chi connectivity index (χ1n) is 15.3. The van der Waals surface area contributed by atoms with Gasteiger partial charge in [-0.25, -0.2) is 4.79 Å². The van der Waals surface area contributed by atoms with Gasteiger partial charge >= 0.3 is 5.97 Å². The van der Waals surface area contributed by atoms with Crippen molar-refractivity contribution in [3.63, 3.8) is 0 Å². The molecule has 4 aromatic rings. The van der Waals surface area contributed by atoms with Crippen molar-refractivity contribution in [3.8, 4) is 5.00 Å². The highest BCUT2D eigenvalue weighted by atomic mass is 32.1. The highest BCUT2D eigenvalue weighted by Crippen LogP contribution is 2.44. The molecule has 1 atom stereocenters. The standard InChI is InChI=1S/C35H34N4O5S/c1-36(2)25-15-13-23(14-16-25)33-28-7-5-19-37(28)34-27(26-6-3-4-8-29(26)45-34)21-38(33)32(42)20-22-9-11-24(12-10-22)35(43)44-39-30(40)17-18-31(39)41/h5,7,9-16,19,33H,3-4,6,8,17-18,20-21H2,1-2H3. The van der Waals surface area contributed by atoms with Crippen LogP contribution in [0.1, 0.15) is 74.9 Å². The fourth-order valence-corrected chi connectivity index (χ4v) is 7.97. The fourth-order valence-electron chi connectivity index (χ4n) is 6.56. The van der Waals surface area contributed by atoms with Gasteiger partial charge in [-0.15, -0.1) is 16.4 Å². The number of carbonyl (C=O) groups is 4. The Labute approximate surface area is 265 Å². The lowest BCUT2D eigenvalue weighted by Gasteiger charge is -2.32. The maximum absolute atomic E-state index is 14.4. The largest absolute Gasteiger partial charge is 0.378 e. The van der Waals surface area contributed by atoms with Crippen LogP contribution < -0.4 is 4.90 Å². The van der Waals surface area contributed by atoms with Crippen LogP contribution >= 0.6 is 11.3 Å². The summed E-state index contributed by atoms with van der Waals surface area (Å²) in [4.78, 5) is 61.3. The molecule has 0 N–H and O–H groups in total. The molecule has 2 aromatic carbocycles. The molecule has 1 fully saturated rings. The molecule has 10 heteroatoms. The van der Waals surface area contributed by atoms with Crippen molar-refractivity contribution < 1.29 is 24.0 Å². The second-order valence-corrected chi connectivity index (χ2v) is 13.1. The Bertz CT molecular complexity index is 1790. The lowest BCUT2D eigenvalue weighted by atomic mass is 9.94. The molecule has 0 saturated carbocycles. The summed E-state index contributed by atoms with van der Waals surface area (Å²) in [6, 6.07) is 18.9. The van der Waals surface area contributed by atoms with E-state index in [0.29, 0.717) is 11.6 Å². The Balaban J connectivity index is 1.20. The summed E-state index contributed by atoms with van der Waals surface area (Å²) in [6.45, 7) is 0.518. The molecule has 3 amide bonds. The van der Waals surface area contributed by atoms with E-state index in [1.165, 1.54) is 27.4 Å². The van der Waals surface area contributed by atoms with Gasteiger partial charge in [0.15, 0.2) is 0 Å². The van der Waals surface area contributed by atoms with E-state index in [1.54, 1.807) is 24.3 Å². The smallest absolute Gasteiger partial charge is 0.363 e. The predicted octanol–water partition coefficient (Wildman–Crippen LogP) is 5.38. The zero-order valence-corrected chi connectivity index (χ0v) is 26.1. The van der Waals surface area contributed by atoms with Gasteiger partial charge in [-0.05, 0) is 78.8 Å². The van der Waals surface area contributed by atoms with Gasteiger partial charge in [0.2, 0.25) is 5.91 Å². The molecule has 3 aliphatic rings. The Morgan fingerprint density at radius 1 is 0.889 bits per heavy atom. The van der Waals surface area contributed by atoms with Gasteiger partial charge in [0, 0.05) is 55.8 Å². The number of hydrogen-bond acceptors (Lipinski definition) is 7. The van der Waals surface area contributed by atoms with E-state index >= 15 is 0 Å². The van der Waals surface area contributed by atoms with Crippen LogP contribution in [0.2, 0.25) is 0 Å². The number of thiophene rings is 1. The minimum Gasteiger partial charge on any atom is -0.378 e. The van der Waals surface area contributed by atoms with Gasteiger partial charge < -0.3 is 19.2 Å². The summed E-state index contributed by atoms with van der Waals surface area (Å²) in [5.41, 5.74) is 6.78. The summed E-state index contributed by atoms with van der Waals surface area (Å²) in [5, 5.41) is 1.75. The topological polar surface area (TPSA) is 92.2 Å². The fraction of sp³-hybridized carbons (Fsp3) is 0.314. The van der Waals surface area contributed by atoms with E-state index in [2.05, 4.69) is 52.1 Å². The van der Waals surface area contributed by atoms with Crippen LogP contribution in [0, 0.1) is 0 Å². The zero-order chi connectivity index (χ0) is 31.2. The molecule has 1 aliphatic carbocycles. The summed E-state index contributed by atoms with van der Waals surface area (Å²) in [7, 11) is 4.03. The first kappa shape index (κ1) is 29.0. The SMILES string of the molecule is CN(C)c1ccc(C2c3cccn3-c3sc4c(c3CN2C(=O)Cc2ccc(C(=O)ON3C(=O)CCC3=O)cc2)CCCC4)cc1. The number of benzene rings is 2. The minimum absolute atomic E-state index is 0.0170. The number of fused-ring (bicyclic) bond motifs is 5. The van der Waals surface area contributed by atoms with Crippen molar-refractivity contribution in [2.45, 2.75) is 57.5 Å². The summed E-state index contributed by atoms with van der Waals surface area (Å²) in [5.74, 6) is -1.86. The van der Waals surface area contributed by atoms with Crippen LogP contribution in [0.3, 0.4) is 0 Å². The quantitative estimate of drug-likeness (QED) is 0.268. The molecule has 230 valence electrons. The van der Waals surface area contributed by atoms with E-state index in [1.807, 2.05) is 30.3 Å². The number of amides is 3. The molecule has 2 aromatic heterocycles. The number of rotatable bonds is 6. The van der Waals surface area contributed by atoms with E-state index in [9.17, 15) is 19.2 Å². The number of nitrogens with zero attached hydrogens (tertiary/aromatic N) is 4. The molecule has 7 rings (SSSR count). The predicted molar refractivity (Wildman–Crippen MR) is 170 cm³/mol. The number of hydroxylamine groups is 2. The van der Waals surface area contributed by atoms with Crippen molar-refractivity contribution in [1.29, 1.82) is 0 Å². The van der Waals surface area contributed by atoms with Crippen molar-refractivity contribution in [1.82, 2.24) is 14.5 Å². The van der Waals surface area contributed by atoms with Gasteiger partial charge in [0.1, 0.15) is 5.00 Å². The lowest BCUT2D eigenvalue weighted by Crippen LogP contribution is -2.36. The number of carbonyl (C=O) groups excluding carboxylic acids is 4. The Kier molecular flexibility index (Phi) is 7.53. The first-order valence-corrected chi connectivity index (χ1v) is 16.1. The van der Waals surface area contributed by atoms with Gasteiger partial charge in [0.25, 0.3) is 11.8 Å². The van der Waals surface area contributed by atoms with Gasteiger partial charge in [-0.3, -0.25) is 14.4 Å². The molecule has 0 spiro atoms. The summed E-state index contributed by atoms with van der Waals surface area (Å²) < 4.78 is 2.28. The molecule has 4 heterocycles. The highest BCUT2D eigenvalue weighted by Gasteiger charge is 2.36. The zero-order valence-electron chi connectivity index (χ0n) is 25.3. The minimum atomic E-state index is -0.791. The average molecular weight is 623 g/mol. The van der Waals surface area contributed by atoms with Crippen LogP contribution in [-0.4, -0.2) is 52.3 Å². The molecule has 0 bridgehead atoms. The number of anilines is 1. The van der Waals surface area contributed by atoms with Crippen LogP contribution in [0.4, 0.5) is 5.69 Å². The molecule has 9 nitrogen and oxygen atoms in total. The average Bonchev–Trinajstić information content (AvgIpc) is 3.73. The third-order valence-electron chi connectivity index (χ3n) is 8.95. The van der Waals surface area contributed by atoms with Crippen LogP contribution in [0.5, 0.6) is 0 Å². The third-order valence-corrected chi connectivity index (χ3v) is 10.3. The van der Waals surface area contributed by atoms with E-state index in [0.717, 1.165) is 41.8 Å². The molecule has 45 heavy (non-hydrogen) atoms. The first-order chi connectivity index (χ1) is 21.8. The van der Waals surface area contributed by atoms with Gasteiger partial charge in [-0.2, -0.15) is 0 Å². The van der Waals surface area contributed by atoms with Crippen molar-refractivity contribution in [2.75, 3.05) is 19.0 Å². The molecule has 0 radical (unpaired) electrons. The molecular weight excluding hydrogens is 588 g/mol. The number of aryl methyl sites for hydroxylation is 1. The van der Waals surface area contributed by atoms with Crippen molar-refractivity contribution in [3.05, 3.63) is 105 Å². The van der Waals surface area contributed by atoms with Crippen molar-refractivity contribution in [2.24, 2.45) is 0 Å². The number of aromatic nitrogens is 1. The van der Waals surface area contributed by atoms with Crippen molar-refractivity contribution >= 4 is 40.7 Å². The molecule has 2 aliphatic heterocycles. The van der Waals surface area contributed by atoms with Crippen LogP contribution in [0.15, 0.2) is 66.9 Å². The summed E-state index contributed by atoms with van der Waals surface area (Å²) >= 11 is 1.86.